The van der Waals surface area contributed by atoms with Gasteiger partial charge in [0.05, 0.1) is 0 Å². The van der Waals surface area contributed by atoms with Gasteiger partial charge in [0.15, 0.2) is 5.96 Å². The summed E-state index contributed by atoms with van der Waals surface area (Å²) >= 11 is 2.05. The SMILES string of the molecule is CCC1CN(C(=NC)NCc2ccc(C(N)=O)cc2)CCS1.I. The number of primary amides is 1. The number of nitrogens with zero attached hydrogens (tertiary/aromatic N) is 2. The fourth-order valence-electron chi connectivity index (χ4n) is 2.46. The molecule has 1 aromatic carbocycles. The van der Waals surface area contributed by atoms with Crippen molar-refractivity contribution in [3.8, 4) is 0 Å². The van der Waals surface area contributed by atoms with E-state index < -0.39 is 5.91 Å². The second kappa shape index (κ2) is 10.0. The van der Waals surface area contributed by atoms with Gasteiger partial charge in [-0.15, -0.1) is 24.0 Å². The number of rotatable bonds is 4. The minimum absolute atomic E-state index is 0. The molecule has 0 aromatic heterocycles. The van der Waals surface area contributed by atoms with Gasteiger partial charge in [-0.2, -0.15) is 11.8 Å². The lowest BCUT2D eigenvalue weighted by Gasteiger charge is -2.34. The minimum Gasteiger partial charge on any atom is -0.366 e. The molecule has 0 aliphatic carbocycles. The molecule has 1 atom stereocenters. The Balaban J connectivity index is 0.00000264. The highest BCUT2D eigenvalue weighted by molar-refractivity contribution is 14.0. The molecule has 128 valence electrons. The van der Waals surface area contributed by atoms with Gasteiger partial charge < -0.3 is 16.0 Å². The van der Waals surface area contributed by atoms with Crippen molar-refractivity contribution in [2.24, 2.45) is 10.7 Å². The molecule has 0 radical (unpaired) electrons. The highest BCUT2D eigenvalue weighted by Crippen LogP contribution is 2.21. The number of aliphatic imine (C=N–C) groups is 1. The maximum atomic E-state index is 11.1. The fourth-order valence-corrected chi connectivity index (χ4v) is 3.64. The second-order valence-corrected chi connectivity index (χ2v) is 6.72. The van der Waals surface area contributed by atoms with Crippen LogP contribution in [0.2, 0.25) is 0 Å². The van der Waals surface area contributed by atoms with E-state index in [1.165, 1.54) is 6.42 Å². The van der Waals surface area contributed by atoms with Gasteiger partial charge in [0.25, 0.3) is 0 Å². The van der Waals surface area contributed by atoms with Crippen LogP contribution in [0.4, 0.5) is 0 Å². The Kier molecular flexibility index (Phi) is 8.75. The number of benzene rings is 1. The van der Waals surface area contributed by atoms with Crippen molar-refractivity contribution in [2.75, 3.05) is 25.9 Å². The third-order valence-electron chi connectivity index (χ3n) is 3.79. The van der Waals surface area contributed by atoms with Gasteiger partial charge in [0.1, 0.15) is 0 Å². The van der Waals surface area contributed by atoms with Crippen molar-refractivity contribution >= 4 is 47.6 Å². The summed E-state index contributed by atoms with van der Waals surface area (Å²) in [6.45, 7) is 4.99. The van der Waals surface area contributed by atoms with Gasteiger partial charge >= 0.3 is 0 Å². The maximum absolute atomic E-state index is 11.1. The summed E-state index contributed by atoms with van der Waals surface area (Å²) in [5.74, 6) is 1.69. The Morgan fingerprint density at radius 2 is 2.13 bits per heavy atom. The molecule has 1 aliphatic rings. The zero-order valence-corrected chi connectivity index (χ0v) is 16.8. The van der Waals surface area contributed by atoms with Gasteiger partial charge in [-0.05, 0) is 24.1 Å². The topological polar surface area (TPSA) is 70.7 Å². The van der Waals surface area contributed by atoms with E-state index in [4.69, 9.17) is 5.73 Å². The standard InChI is InChI=1S/C16H24N4OS.HI/c1-3-14-11-20(8-9-22-14)16(18-2)19-10-12-4-6-13(7-5-12)15(17)21;/h4-7,14H,3,8-11H2,1-2H3,(H2,17,21)(H,18,19);1H. The monoisotopic (exact) mass is 448 g/mol. The van der Waals surface area contributed by atoms with Crippen molar-refractivity contribution in [3.63, 3.8) is 0 Å². The van der Waals surface area contributed by atoms with E-state index in [0.717, 1.165) is 30.4 Å². The van der Waals surface area contributed by atoms with Crippen molar-refractivity contribution in [1.82, 2.24) is 10.2 Å². The number of nitrogens with one attached hydrogen (secondary N) is 1. The van der Waals surface area contributed by atoms with Crippen LogP contribution < -0.4 is 11.1 Å². The first-order chi connectivity index (χ1) is 10.6. The van der Waals surface area contributed by atoms with Gasteiger partial charge in [0, 0.05) is 43.2 Å². The molecule has 23 heavy (non-hydrogen) atoms. The second-order valence-electron chi connectivity index (χ2n) is 5.31. The normalized spacial score (nSPS) is 18.3. The number of hydrogen-bond donors (Lipinski definition) is 2. The number of amides is 1. The summed E-state index contributed by atoms with van der Waals surface area (Å²) < 4.78 is 0. The molecule has 0 saturated carbocycles. The number of carbonyl (C=O) groups excluding carboxylic acids is 1. The van der Waals surface area contributed by atoms with Crippen molar-refractivity contribution < 1.29 is 4.79 Å². The number of halogens is 1. The average Bonchev–Trinajstić information content (AvgIpc) is 2.56. The predicted molar refractivity (Wildman–Crippen MR) is 109 cm³/mol. The number of carbonyl (C=O) groups is 1. The molecule has 1 saturated heterocycles. The maximum Gasteiger partial charge on any atom is 0.248 e. The summed E-state index contributed by atoms with van der Waals surface area (Å²) in [6.07, 6.45) is 1.19. The van der Waals surface area contributed by atoms with Crippen LogP contribution in [-0.2, 0) is 6.54 Å². The lowest BCUT2D eigenvalue weighted by Crippen LogP contribution is -2.47. The molecule has 0 spiro atoms. The summed E-state index contributed by atoms with van der Waals surface area (Å²) in [5, 5.41) is 4.08. The Morgan fingerprint density at radius 3 is 2.70 bits per heavy atom. The van der Waals surface area contributed by atoms with Gasteiger partial charge in [0.2, 0.25) is 5.91 Å². The molecule has 1 fully saturated rings. The van der Waals surface area contributed by atoms with Crippen LogP contribution in [0.25, 0.3) is 0 Å². The summed E-state index contributed by atoms with van der Waals surface area (Å²) in [4.78, 5) is 17.8. The zero-order chi connectivity index (χ0) is 15.9. The van der Waals surface area contributed by atoms with E-state index in [1.54, 1.807) is 12.1 Å². The van der Waals surface area contributed by atoms with Crippen LogP contribution in [-0.4, -0.2) is 47.9 Å². The molecule has 2 rings (SSSR count). The first-order valence-corrected chi connectivity index (χ1v) is 8.64. The Labute approximate surface area is 159 Å². The molecule has 1 aliphatic heterocycles. The van der Waals surface area contributed by atoms with Crippen molar-refractivity contribution in [2.45, 2.75) is 25.1 Å². The fraction of sp³-hybridized carbons (Fsp3) is 0.500. The average molecular weight is 448 g/mol. The van der Waals surface area contributed by atoms with Gasteiger partial charge in [-0.1, -0.05) is 19.1 Å². The third kappa shape index (κ3) is 5.87. The molecular formula is C16H25IN4OS. The predicted octanol–water partition coefficient (Wildman–Crippen LogP) is 2.31. The molecule has 5 nitrogen and oxygen atoms in total. The summed E-state index contributed by atoms with van der Waals surface area (Å²) in [7, 11) is 1.82. The number of nitrogens with two attached hydrogens (primary N) is 1. The van der Waals surface area contributed by atoms with E-state index in [9.17, 15) is 4.79 Å². The van der Waals surface area contributed by atoms with E-state index in [-0.39, 0.29) is 24.0 Å². The Bertz CT molecular complexity index is 535. The Hall–Kier alpha value is -0.960. The van der Waals surface area contributed by atoms with Gasteiger partial charge in [-0.25, -0.2) is 0 Å². The molecule has 1 unspecified atom stereocenters. The number of hydrogen-bond acceptors (Lipinski definition) is 3. The molecule has 1 aromatic rings. The van der Waals surface area contributed by atoms with Crippen LogP contribution in [0.1, 0.15) is 29.3 Å². The van der Waals surface area contributed by atoms with E-state index in [0.29, 0.717) is 17.4 Å². The van der Waals surface area contributed by atoms with E-state index >= 15 is 0 Å². The first kappa shape index (κ1) is 20.1. The van der Waals surface area contributed by atoms with Crippen molar-refractivity contribution in [3.05, 3.63) is 35.4 Å². The lowest BCUT2D eigenvalue weighted by atomic mass is 10.1. The summed E-state index contributed by atoms with van der Waals surface area (Å²) in [6, 6.07) is 7.35. The molecule has 1 amide bonds. The van der Waals surface area contributed by atoms with Gasteiger partial charge in [-0.3, -0.25) is 9.79 Å². The third-order valence-corrected chi connectivity index (χ3v) is 5.17. The molecule has 3 N–H and O–H groups in total. The first-order valence-electron chi connectivity index (χ1n) is 7.60. The number of thioether (sulfide) groups is 1. The van der Waals surface area contributed by atoms with E-state index in [1.807, 2.05) is 30.9 Å². The quantitative estimate of drug-likeness (QED) is 0.422. The zero-order valence-electron chi connectivity index (χ0n) is 13.6. The largest absolute Gasteiger partial charge is 0.366 e. The van der Waals surface area contributed by atoms with Crippen LogP contribution in [0, 0.1) is 0 Å². The highest BCUT2D eigenvalue weighted by atomic mass is 127. The van der Waals surface area contributed by atoms with Crippen LogP contribution >= 0.6 is 35.7 Å². The highest BCUT2D eigenvalue weighted by Gasteiger charge is 2.21. The van der Waals surface area contributed by atoms with Crippen LogP contribution in [0.15, 0.2) is 29.3 Å². The molecule has 1 heterocycles. The minimum atomic E-state index is -0.397. The lowest BCUT2D eigenvalue weighted by molar-refractivity contribution is 0.100. The summed E-state index contributed by atoms with van der Waals surface area (Å²) in [5.41, 5.74) is 6.88. The Morgan fingerprint density at radius 1 is 1.43 bits per heavy atom. The van der Waals surface area contributed by atoms with Crippen molar-refractivity contribution in [1.29, 1.82) is 0 Å². The molecular weight excluding hydrogens is 423 g/mol. The van der Waals surface area contributed by atoms with Crippen LogP contribution in [0.3, 0.4) is 0 Å². The smallest absolute Gasteiger partial charge is 0.248 e. The van der Waals surface area contributed by atoms with Crippen LogP contribution in [0.5, 0.6) is 0 Å². The molecule has 7 heteroatoms. The number of guanidine groups is 1. The molecule has 0 bridgehead atoms. The van der Waals surface area contributed by atoms with E-state index in [2.05, 4.69) is 22.1 Å².